The van der Waals surface area contributed by atoms with Crippen molar-refractivity contribution in [2.24, 2.45) is 0 Å². The lowest BCUT2D eigenvalue weighted by Crippen LogP contribution is -2.05. The second-order valence-corrected chi connectivity index (χ2v) is 21.2. The normalized spacial score (nSPS) is 12.5. The molecule has 67 heavy (non-hydrogen) atoms. The van der Waals surface area contributed by atoms with Crippen molar-refractivity contribution >= 4 is 11.4 Å². The van der Waals surface area contributed by atoms with Crippen LogP contribution in [0.4, 0.5) is 11.4 Å². The van der Waals surface area contributed by atoms with Crippen molar-refractivity contribution in [1.29, 1.82) is 0 Å². The summed E-state index contributed by atoms with van der Waals surface area (Å²) in [5, 5.41) is 0. The third kappa shape index (κ3) is 23.6. The number of rotatable bonds is 40. The van der Waals surface area contributed by atoms with Gasteiger partial charge in [-0.15, -0.1) is 0 Å². The third-order valence-corrected chi connectivity index (χ3v) is 15.2. The number of anilines is 2. The molecule has 0 saturated heterocycles. The fourth-order valence-electron chi connectivity index (χ4n) is 10.9. The quantitative estimate of drug-likeness (QED) is 0.0345. The highest BCUT2D eigenvalue weighted by molar-refractivity contribution is 5.49. The molecule has 2 atom stereocenters. The van der Waals surface area contributed by atoms with E-state index in [9.17, 15) is 0 Å². The number of benzene rings is 4. The number of aryl methyl sites for hydroxylation is 4. The SMILES string of the molecule is CCCCCCCCCCCCC(c1ccc(CCCCCCCCCCCCCc2ccc(C(CCCCCCCCCCCC)c3ccc(N)cc3C)cc2)cc1)c1ccc(N)cc1C. The molecule has 0 heterocycles. The van der Waals surface area contributed by atoms with E-state index >= 15 is 0 Å². The minimum Gasteiger partial charge on any atom is -0.399 e. The maximum atomic E-state index is 6.17. The van der Waals surface area contributed by atoms with Crippen LogP contribution in [0, 0.1) is 13.8 Å². The average Bonchev–Trinajstić information content (AvgIpc) is 3.33. The van der Waals surface area contributed by atoms with Gasteiger partial charge in [0.15, 0.2) is 0 Å². The summed E-state index contributed by atoms with van der Waals surface area (Å²) < 4.78 is 0. The number of hydrogen-bond donors (Lipinski definition) is 2. The van der Waals surface area contributed by atoms with Gasteiger partial charge in [-0.25, -0.2) is 0 Å². The zero-order valence-corrected chi connectivity index (χ0v) is 44.1. The third-order valence-electron chi connectivity index (χ3n) is 15.2. The summed E-state index contributed by atoms with van der Waals surface area (Å²) in [6.45, 7) is 9.09. The molecule has 0 aromatic heterocycles. The molecule has 4 aromatic carbocycles. The minimum absolute atomic E-state index is 0.459. The molecular formula is C65H102N2. The Morgan fingerprint density at radius 2 is 0.582 bits per heavy atom. The van der Waals surface area contributed by atoms with Crippen LogP contribution in [0.2, 0.25) is 0 Å². The lowest BCUT2D eigenvalue weighted by Gasteiger charge is -2.21. The van der Waals surface area contributed by atoms with Gasteiger partial charge in [-0.3, -0.25) is 0 Å². The smallest absolute Gasteiger partial charge is 0.0316 e. The van der Waals surface area contributed by atoms with Crippen molar-refractivity contribution < 1.29 is 0 Å². The molecule has 0 fully saturated rings. The zero-order valence-electron chi connectivity index (χ0n) is 44.1. The van der Waals surface area contributed by atoms with E-state index in [2.05, 4.69) is 113 Å². The molecule has 372 valence electrons. The van der Waals surface area contributed by atoms with Gasteiger partial charge in [0.2, 0.25) is 0 Å². The van der Waals surface area contributed by atoms with Gasteiger partial charge in [0.25, 0.3) is 0 Å². The van der Waals surface area contributed by atoms with E-state index in [1.54, 1.807) is 0 Å². The topological polar surface area (TPSA) is 52.0 Å². The highest BCUT2D eigenvalue weighted by atomic mass is 14.5. The van der Waals surface area contributed by atoms with E-state index in [4.69, 9.17) is 11.5 Å². The van der Waals surface area contributed by atoms with E-state index in [1.807, 2.05) is 0 Å². The molecule has 4 N–H and O–H groups in total. The Labute approximate surface area is 414 Å². The molecule has 0 spiro atoms. The highest BCUT2D eigenvalue weighted by Crippen LogP contribution is 2.35. The first-order valence-electron chi connectivity index (χ1n) is 28.8. The summed E-state index contributed by atoms with van der Waals surface area (Å²) in [4.78, 5) is 0. The molecule has 4 aromatic rings. The van der Waals surface area contributed by atoms with Crippen LogP contribution in [0.3, 0.4) is 0 Å². The van der Waals surface area contributed by atoms with Gasteiger partial charge in [0.1, 0.15) is 0 Å². The molecule has 0 aliphatic heterocycles. The van der Waals surface area contributed by atoms with E-state index in [0.29, 0.717) is 11.8 Å². The number of nitrogens with two attached hydrogens (primary N) is 2. The summed E-state index contributed by atoms with van der Waals surface area (Å²) >= 11 is 0. The van der Waals surface area contributed by atoms with Gasteiger partial charge in [0.05, 0.1) is 0 Å². The molecular weight excluding hydrogens is 809 g/mol. The molecule has 4 rings (SSSR count). The molecule has 0 aliphatic rings. The van der Waals surface area contributed by atoms with Crippen LogP contribution in [0.15, 0.2) is 84.9 Å². The van der Waals surface area contributed by atoms with Crippen LogP contribution in [0.25, 0.3) is 0 Å². The van der Waals surface area contributed by atoms with Gasteiger partial charge in [-0.05, 0) is 121 Å². The molecule has 0 radical (unpaired) electrons. The number of nitrogen functional groups attached to an aromatic ring is 2. The molecule has 0 bridgehead atoms. The van der Waals surface area contributed by atoms with Crippen molar-refractivity contribution in [2.45, 2.75) is 264 Å². The Kier molecular flexibility index (Phi) is 29.8. The van der Waals surface area contributed by atoms with Crippen molar-refractivity contribution in [3.05, 3.63) is 129 Å². The number of unbranched alkanes of at least 4 members (excludes halogenated alkanes) is 28. The molecule has 0 aliphatic carbocycles. The first kappa shape index (κ1) is 56.1. The Balaban J connectivity index is 1.05. The zero-order chi connectivity index (χ0) is 47.6. The van der Waals surface area contributed by atoms with Crippen LogP contribution in [-0.2, 0) is 12.8 Å². The second-order valence-electron chi connectivity index (χ2n) is 21.2. The molecule has 0 amide bonds. The lowest BCUT2D eigenvalue weighted by atomic mass is 9.84. The van der Waals surface area contributed by atoms with Gasteiger partial charge in [0, 0.05) is 23.2 Å². The van der Waals surface area contributed by atoms with Gasteiger partial charge < -0.3 is 11.5 Å². The maximum Gasteiger partial charge on any atom is 0.0316 e. The highest BCUT2D eigenvalue weighted by Gasteiger charge is 2.18. The summed E-state index contributed by atoms with van der Waals surface area (Å²) in [5.74, 6) is 0.918. The summed E-state index contributed by atoms with van der Waals surface area (Å²) in [7, 11) is 0. The Bertz CT molecular complexity index is 1670. The molecule has 0 saturated carbocycles. The van der Waals surface area contributed by atoms with E-state index in [0.717, 1.165) is 11.4 Å². The molecule has 2 unspecified atom stereocenters. The summed E-state index contributed by atoms with van der Waals surface area (Å²) in [6.07, 6.45) is 47.7. The average molecular weight is 912 g/mol. The Hall–Kier alpha value is -3.52. The van der Waals surface area contributed by atoms with Crippen molar-refractivity contribution in [3.8, 4) is 0 Å². The summed E-state index contributed by atoms with van der Waals surface area (Å²) in [5.41, 5.74) is 25.6. The molecule has 2 heteroatoms. The van der Waals surface area contributed by atoms with Crippen LogP contribution >= 0.6 is 0 Å². The first-order chi connectivity index (χ1) is 32.9. The predicted molar refractivity (Wildman–Crippen MR) is 299 cm³/mol. The largest absolute Gasteiger partial charge is 0.399 e. The first-order valence-corrected chi connectivity index (χ1v) is 28.8. The fourth-order valence-corrected chi connectivity index (χ4v) is 10.9. The summed E-state index contributed by atoms with van der Waals surface area (Å²) in [6, 6.07) is 32.5. The van der Waals surface area contributed by atoms with Gasteiger partial charge in [-0.1, -0.05) is 261 Å². The lowest BCUT2D eigenvalue weighted by molar-refractivity contribution is 0.540. The van der Waals surface area contributed by atoms with Crippen molar-refractivity contribution in [1.82, 2.24) is 0 Å². The van der Waals surface area contributed by atoms with Gasteiger partial charge in [-0.2, -0.15) is 0 Å². The Morgan fingerprint density at radius 3 is 0.866 bits per heavy atom. The standard InChI is InChI=1S/C65H102N2/c1-5-7-9-11-13-15-22-26-30-34-38-64(62-50-48-60(66)52-54(62)3)58-44-40-56(41-45-58)36-32-28-24-20-18-17-19-21-25-29-33-37-57-42-46-59(47-43-57)65(63-51-49-61(67)53-55(63)4)39-35-31-27-23-16-14-12-10-8-6-2/h40-53,64-65H,5-39,66-67H2,1-4H3. The predicted octanol–water partition coefficient (Wildman–Crippen LogP) is 20.4. The van der Waals surface area contributed by atoms with E-state index in [1.165, 1.54) is 269 Å². The van der Waals surface area contributed by atoms with E-state index in [-0.39, 0.29) is 0 Å². The fraction of sp³-hybridized carbons (Fsp3) is 0.631. The van der Waals surface area contributed by atoms with Crippen molar-refractivity contribution in [2.75, 3.05) is 11.5 Å². The van der Waals surface area contributed by atoms with E-state index < -0.39 is 0 Å². The maximum absolute atomic E-state index is 6.17. The van der Waals surface area contributed by atoms with Crippen LogP contribution in [0.5, 0.6) is 0 Å². The van der Waals surface area contributed by atoms with Crippen LogP contribution < -0.4 is 11.5 Å². The van der Waals surface area contributed by atoms with Crippen LogP contribution in [-0.4, -0.2) is 0 Å². The van der Waals surface area contributed by atoms with Crippen LogP contribution in [0.1, 0.15) is 282 Å². The Morgan fingerprint density at radius 1 is 0.313 bits per heavy atom. The monoisotopic (exact) mass is 911 g/mol. The van der Waals surface area contributed by atoms with Gasteiger partial charge >= 0.3 is 0 Å². The number of hydrogen-bond acceptors (Lipinski definition) is 2. The molecule has 2 nitrogen and oxygen atoms in total. The van der Waals surface area contributed by atoms with Crippen molar-refractivity contribution in [3.63, 3.8) is 0 Å². The second kappa shape index (κ2) is 35.6. The minimum atomic E-state index is 0.459.